The topological polar surface area (TPSA) is 61.6 Å². The van der Waals surface area contributed by atoms with E-state index in [1.165, 1.54) is 6.20 Å². The van der Waals surface area contributed by atoms with Gasteiger partial charge in [-0.15, -0.1) is 0 Å². The van der Waals surface area contributed by atoms with Gasteiger partial charge in [0.05, 0.1) is 11.2 Å². The van der Waals surface area contributed by atoms with Crippen molar-refractivity contribution in [3.63, 3.8) is 0 Å². The third-order valence-electron chi connectivity index (χ3n) is 4.74. The van der Waals surface area contributed by atoms with E-state index in [1.807, 2.05) is 0 Å². The van der Waals surface area contributed by atoms with Gasteiger partial charge in [0, 0.05) is 32.7 Å². The lowest BCUT2D eigenvalue weighted by Gasteiger charge is -2.34. The Morgan fingerprint density at radius 3 is 2.54 bits per heavy atom. The lowest BCUT2D eigenvalue weighted by Crippen LogP contribution is -2.49. The van der Waals surface area contributed by atoms with Crippen molar-refractivity contribution in [1.29, 1.82) is 0 Å². The Morgan fingerprint density at radius 1 is 1.25 bits per heavy atom. The molecule has 1 aliphatic rings. The predicted octanol–water partition coefficient (Wildman–Crippen LogP) is 3.94. The monoisotopic (exact) mass is 406 g/mol. The number of aliphatic hydroxyl groups is 1. The fraction of sp³-hybridized carbons (Fsp3) is 0.400. The van der Waals surface area contributed by atoms with E-state index < -0.39 is 0 Å². The van der Waals surface area contributed by atoms with Crippen LogP contribution in [0.4, 0.5) is 9.18 Å². The molecule has 0 aliphatic carbocycles. The molecule has 28 heavy (non-hydrogen) atoms. The molecule has 2 aromatic rings. The van der Waals surface area contributed by atoms with Gasteiger partial charge in [0.2, 0.25) is 0 Å². The minimum absolute atomic E-state index is 0.0997. The van der Waals surface area contributed by atoms with E-state index in [2.05, 4.69) is 29.6 Å². The van der Waals surface area contributed by atoms with Crippen LogP contribution in [0.2, 0.25) is 5.02 Å². The summed E-state index contributed by atoms with van der Waals surface area (Å²) in [6.45, 7) is 8.53. The zero-order valence-corrected chi connectivity index (χ0v) is 16.6. The summed E-state index contributed by atoms with van der Waals surface area (Å²) in [6.07, 6.45) is 3.21. The van der Waals surface area contributed by atoms with Crippen molar-refractivity contribution in [2.75, 3.05) is 26.2 Å². The quantitative estimate of drug-likeness (QED) is 0.764. The second-order valence-electron chi connectivity index (χ2n) is 6.98. The molecule has 6 nitrogen and oxygen atoms in total. The standard InChI is InChI=1S/C20H24ClFN4O2/c1-3-4-15-9-16(11-17(22)10-15)12-24-5-7-25(8-6-24)20(28)26-13-18(21)19(23-26)14(2)27/h9-11,13,27H,2-8,12H2,1H3. The maximum Gasteiger partial charge on any atom is 0.344 e. The number of carbonyl (C=O) groups excluding carboxylic acids is 1. The summed E-state index contributed by atoms with van der Waals surface area (Å²) in [5, 5.41) is 13.6. The maximum atomic E-state index is 13.8. The van der Waals surface area contributed by atoms with E-state index >= 15 is 0 Å². The highest BCUT2D eigenvalue weighted by Crippen LogP contribution is 2.20. The molecular weight excluding hydrogens is 383 g/mol. The Hall–Kier alpha value is -2.38. The predicted molar refractivity (Wildman–Crippen MR) is 107 cm³/mol. The second kappa shape index (κ2) is 8.75. The Kier molecular flexibility index (Phi) is 6.36. The van der Waals surface area contributed by atoms with Crippen LogP contribution in [0.3, 0.4) is 0 Å². The van der Waals surface area contributed by atoms with Crippen molar-refractivity contribution >= 4 is 23.4 Å². The molecule has 1 amide bonds. The Bertz CT molecular complexity index is 875. The lowest BCUT2D eigenvalue weighted by molar-refractivity contribution is 0.134. The average Bonchev–Trinajstić information content (AvgIpc) is 3.03. The van der Waals surface area contributed by atoms with Gasteiger partial charge in [0.1, 0.15) is 17.3 Å². The van der Waals surface area contributed by atoms with E-state index in [0.29, 0.717) is 32.7 Å². The van der Waals surface area contributed by atoms with Gasteiger partial charge in [0.25, 0.3) is 0 Å². The number of aliphatic hydroxyl groups excluding tert-OH is 1. The highest BCUT2D eigenvalue weighted by Gasteiger charge is 2.24. The molecule has 2 heterocycles. The first-order valence-electron chi connectivity index (χ1n) is 9.30. The van der Waals surface area contributed by atoms with Crippen molar-refractivity contribution in [1.82, 2.24) is 19.6 Å². The van der Waals surface area contributed by atoms with Crippen LogP contribution in [-0.4, -0.2) is 56.9 Å². The summed E-state index contributed by atoms with van der Waals surface area (Å²) < 4.78 is 15.0. The zero-order chi connectivity index (χ0) is 20.3. The largest absolute Gasteiger partial charge is 0.506 e. The van der Waals surface area contributed by atoms with Crippen LogP contribution >= 0.6 is 11.6 Å². The summed E-state index contributed by atoms with van der Waals surface area (Å²) in [5.74, 6) is -0.481. The Labute approximate surface area is 168 Å². The van der Waals surface area contributed by atoms with Gasteiger partial charge in [-0.25, -0.2) is 9.18 Å². The SMILES string of the molecule is C=C(O)c1nn(C(=O)N2CCN(Cc3cc(F)cc(CCC)c3)CC2)cc1Cl. The summed E-state index contributed by atoms with van der Waals surface area (Å²) >= 11 is 5.97. The van der Waals surface area contributed by atoms with Gasteiger partial charge in [0.15, 0.2) is 0 Å². The molecule has 1 aromatic carbocycles. The molecule has 1 aliphatic heterocycles. The van der Waals surface area contributed by atoms with Gasteiger partial charge in [-0.05, 0) is 29.7 Å². The molecule has 0 bridgehead atoms. The molecule has 0 saturated carbocycles. The molecule has 1 aromatic heterocycles. The Balaban J connectivity index is 1.59. The third kappa shape index (κ3) is 4.72. The number of halogens is 2. The molecule has 0 radical (unpaired) electrons. The van der Waals surface area contributed by atoms with E-state index in [-0.39, 0.29) is 28.3 Å². The van der Waals surface area contributed by atoms with Crippen molar-refractivity contribution < 1.29 is 14.3 Å². The number of hydrogen-bond donors (Lipinski definition) is 1. The molecule has 150 valence electrons. The first-order chi connectivity index (χ1) is 13.4. The van der Waals surface area contributed by atoms with Gasteiger partial charge in [-0.1, -0.05) is 37.6 Å². The van der Waals surface area contributed by atoms with Crippen LogP contribution in [-0.2, 0) is 13.0 Å². The summed E-state index contributed by atoms with van der Waals surface area (Å²) in [4.78, 5) is 16.5. The molecule has 1 N–H and O–H groups in total. The fourth-order valence-electron chi connectivity index (χ4n) is 3.39. The van der Waals surface area contributed by atoms with E-state index in [4.69, 9.17) is 11.6 Å². The smallest absolute Gasteiger partial charge is 0.344 e. The number of aromatic nitrogens is 2. The maximum absolute atomic E-state index is 13.8. The number of benzene rings is 1. The molecule has 3 rings (SSSR count). The van der Waals surface area contributed by atoms with Gasteiger partial charge < -0.3 is 10.0 Å². The molecule has 1 fully saturated rings. The normalized spacial score (nSPS) is 15.0. The molecular formula is C20H24ClFN4O2. The number of carbonyl (C=O) groups is 1. The van der Waals surface area contributed by atoms with Gasteiger partial charge >= 0.3 is 6.03 Å². The van der Waals surface area contributed by atoms with E-state index in [9.17, 15) is 14.3 Å². The number of nitrogens with zero attached hydrogens (tertiary/aromatic N) is 4. The van der Waals surface area contributed by atoms with Gasteiger partial charge in [-0.2, -0.15) is 9.78 Å². The molecule has 0 unspecified atom stereocenters. The highest BCUT2D eigenvalue weighted by molar-refractivity contribution is 6.32. The summed E-state index contributed by atoms with van der Waals surface area (Å²) in [7, 11) is 0. The number of amides is 1. The lowest BCUT2D eigenvalue weighted by atomic mass is 10.1. The van der Waals surface area contributed by atoms with E-state index in [0.717, 1.165) is 28.7 Å². The van der Waals surface area contributed by atoms with Crippen molar-refractivity contribution in [2.24, 2.45) is 0 Å². The van der Waals surface area contributed by atoms with Crippen LogP contribution in [0.15, 0.2) is 31.0 Å². The first-order valence-corrected chi connectivity index (χ1v) is 9.68. The fourth-order valence-corrected chi connectivity index (χ4v) is 3.63. The number of rotatable bonds is 5. The molecule has 8 heteroatoms. The minimum Gasteiger partial charge on any atom is -0.506 e. The molecule has 0 spiro atoms. The van der Waals surface area contributed by atoms with Crippen LogP contribution in [0, 0.1) is 5.82 Å². The molecule has 1 saturated heterocycles. The highest BCUT2D eigenvalue weighted by atomic mass is 35.5. The van der Waals surface area contributed by atoms with Crippen LogP contribution in [0.5, 0.6) is 0 Å². The Morgan fingerprint density at radius 2 is 1.93 bits per heavy atom. The second-order valence-corrected chi connectivity index (χ2v) is 7.39. The number of hydrogen-bond acceptors (Lipinski definition) is 4. The number of piperazine rings is 1. The van der Waals surface area contributed by atoms with Crippen molar-refractivity contribution in [2.45, 2.75) is 26.3 Å². The van der Waals surface area contributed by atoms with E-state index in [1.54, 1.807) is 17.0 Å². The van der Waals surface area contributed by atoms with Crippen LogP contribution in [0.25, 0.3) is 5.76 Å². The summed E-state index contributed by atoms with van der Waals surface area (Å²) in [5.41, 5.74) is 2.07. The molecule has 0 atom stereocenters. The zero-order valence-electron chi connectivity index (χ0n) is 15.9. The van der Waals surface area contributed by atoms with Crippen molar-refractivity contribution in [3.05, 3.63) is 58.6 Å². The minimum atomic E-state index is -0.301. The van der Waals surface area contributed by atoms with Crippen LogP contribution in [0.1, 0.15) is 30.2 Å². The van der Waals surface area contributed by atoms with Crippen molar-refractivity contribution in [3.8, 4) is 0 Å². The average molecular weight is 407 g/mol. The summed E-state index contributed by atoms with van der Waals surface area (Å²) in [6, 6.07) is 4.92. The first kappa shape index (κ1) is 20.4. The van der Waals surface area contributed by atoms with Crippen LogP contribution < -0.4 is 0 Å². The number of aryl methyl sites for hydroxylation is 1. The van der Waals surface area contributed by atoms with Gasteiger partial charge in [-0.3, -0.25) is 4.90 Å². The third-order valence-corrected chi connectivity index (χ3v) is 5.02.